The summed E-state index contributed by atoms with van der Waals surface area (Å²) in [5, 5.41) is 0. The summed E-state index contributed by atoms with van der Waals surface area (Å²) in [5.41, 5.74) is 11.8. The largest absolute Gasteiger partial charge is 0.436 e. The van der Waals surface area contributed by atoms with Crippen molar-refractivity contribution in [3.63, 3.8) is 0 Å². The van der Waals surface area contributed by atoms with E-state index in [-0.39, 0.29) is 0 Å². The fourth-order valence-corrected chi connectivity index (χ4v) is 2.28. The number of hydrogen-bond acceptors (Lipinski definition) is 3. The van der Waals surface area contributed by atoms with Crippen LogP contribution in [-0.4, -0.2) is 4.98 Å². The second kappa shape index (κ2) is 4.52. The van der Waals surface area contributed by atoms with Crippen LogP contribution >= 0.6 is 0 Å². The molecule has 19 heavy (non-hydrogen) atoms. The van der Waals surface area contributed by atoms with E-state index >= 15 is 0 Å². The van der Waals surface area contributed by atoms with Gasteiger partial charge in [-0.3, -0.25) is 0 Å². The molecule has 0 bridgehead atoms. The molecule has 0 radical (unpaired) electrons. The molecule has 0 atom stereocenters. The van der Waals surface area contributed by atoms with E-state index in [0.717, 1.165) is 27.8 Å². The summed E-state index contributed by atoms with van der Waals surface area (Å²) in [6, 6.07) is 12.1. The molecule has 2 N–H and O–H groups in total. The van der Waals surface area contributed by atoms with Crippen molar-refractivity contribution in [3.05, 3.63) is 53.1 Å². The summed E-state index contributed by atoms with van der Waals surface area (Å²) in [6.07, 6.45) is 0. The number of benzene rings is 2. The van der Waals surface area contributed by atoms with E-state index in [1.807, 2.05) is 37.3 Å². The molecule has 1 heterocycles. The summed E-state index contributed by atoms with van der Waals surface area (Å²) >= 11 is 0. The first kappa shape index (κ1) is 11.9. The number of hydrogen-bond donors (Lipinski definition) is 1. The minimum atomic E-state index is 0.548. The number of rotatable bonds is 2. The van der Waals surface area contributed by atoms with Crippen LogP contribution in [0.25, 0.3) is 22.6 Å². The summed E-state index contributed by atoms with van der Waals surface area (Å²) in [5.74, 6) is 0.660. The molecule has 0 saturated carbocycles. The van der Waals surface area contributed by atoms with Crippen LogP contribution in [0.4, 0.5) is 0 Å². The second-order valence-electron chi connectivity index (χ2n) is 4.85. The van der Waals surface area contributed by atoms with E-state index in [4.69, 9.17) is 10.2 Å². The van der Waals surface area contributed by atoms with Crippen LogP contribution < -0.4 is 5.73 Å². The van der Waals surface area contributed by atoms with E-state index in [0.29, 0.717) is 12.4 Å². The number of aryl methyl sites for hydroxylation is 2. The Kier molecular flexibility index (Phi) is 2.84. The summed E-state index contributed by atoms with van der Waals surface area (Å²) in [4.78, 5) is 4.56. The highest BCUT2D eigenvalue weighted by Crippen LogP contribution is 2.27. The van der Waals surface area contributed by atoms with Crippen molar-refractivity contribution in [1.82, 2.24) is 4.98 Å². The van der Waals surface area contributed by atoms with Gasteiger partial charge in [-0.25, -0.2) is 4.98 Å². The molecule has 0 fully saturated rings. The van der Waals surface area contributed by atoms with Gasteiger partial charge >= 0.3 is 0 Å². The highest BCUT2D eigenvalue weighted by Gasteiger charge is 2.10. The van der Waals surface area contributed by atoms with Crippen molar-refractivity contribution in [3.8, 4) is 11.5 Å². The van der Waals surface area contributed by atoms with E-state index < -0.39 is 0 Å². The third-order valence-electron chi connectivity index (χ3n) is 3.26. The topological polar surface area (TPSA) is 52.0 Å². The number of nitrogens with two attached hydrogens (primary N) is 1. The van der Waals surface area contributed by atoms with E-state index in [1.54, 1.807) is 0 Å². The molecule has 0 aliphatic heterocycles. The van der Waals surface area contributed by atoms with Gasteiger partial charge in [0.15, 0.2) is 5.58 Å². The van der Waals surface area contributed by atoms with Gasteiger partial charge < -0.3 is 10.2 Å². The van der Waals surface area contributed by atoms with Crippen LogP contribution in [0.3, 0.4) is 0 Å². The first-order chi connectivity index (χ1) is 9.17. The Morgan fingerprint density at radius 3 is 2.53 bits per heavy atom. The zero-order chi connectivity index (χ0) is 13.4. The Balaban J connectivity index is 2.12. The summed E-state index contributed by atoms with van der Waals surface area (Å²) < 4.78 is 5.87. The minimum Gasteiger partial charge on any atom is -0.436 e. The molecule has 0 unspecified atom stereocenters. The van der Waals surface area contributed by atoms with Crippen molar-refractivity contribution < 1.29 is 4.42 Å². The third-order valence-corrected chi connectivity index (χ3v) is 3.26. The number of nitrogens with zero attached hydrogens (tertiary/aromatic N) is 1. The standard InChI is InChI=1S/C16H16N2O/c1-10-7-11(2)15-14(8-10)18-16(19-15)13-5-3-12(9-17)4-6-13/h3-8H,9,17H2,1-2H3. The molecule has 2 aromatic carbocycles. The van der Waals surface area contributed by atoms with Crippen molar-refractivity contribution in [2.24, 2.45) is 5.73 Å². The number of aromatic nitrogens is 1. The normalized spacial score (nSPS) is 11.1. The van der Waals surface area contributed by atoms with Crippen LogP contribution in [0.1, 0.15) is 16.7 Å². The lowest BCUT2D eigenvalue weighted by atomic mass is 10.1. The second-order valence-corrected chi connectivity index (χ2v) is 4.85. The van der Waals surface area contributed by atoms with Gasteiger partial charge in [0, 0.05) is 12.1 Å². The monoisotopic (exact) mass is 252 g/mol. The van der Waals surface area contributed by atoms with Crippen molar-refractivity contribution in [2.45, 2.75) is 20.4 Å². The zero-order valence-electron chi connectivity index (χ0n) is 11.1. The van der Waals surface area contributed by atoms with Crippen LogP contribution in [0.5, 0.6) is 0 Å². The molecule has 3 rings (SSSR count). The molecule has 0 aliphatic carbocycles. The molecule has 0 amide bonds. The molecule has 3 aromatic rings. The Morgan fingerprint density at radius 1 is 1.11 bits per heavy atom. The molecular formula is C16H16N2O. The Bertz CT molecular complexity index is 726. The molecule has 3 heteroatoms. The fraction of sp³-hybridized carbons (Fsp3) is 0.188. The van der Waals surface area contributed by atoms with Crippen molar-refractivity contribution in [1.29, 1.82) is 0 Å². The molecule has 0 aliphatic rings. The smallest absolute Gasteiger partial charge is 0.227 e. The zero-order valence-corrected chi connectivity index (χ0v) is 11.1. The molecule has 3 nitrogen and oxygen atoms in total. The molecule has 96 valence electrons. The quantitative estimate of drug-likeness (QED) is 0.758. The highest BCUT2D eigenvalue weighted by molar-refractivity contribution is 5.80. The van der Waals surface area contributed by atoms with E-state index in [9.17, 15) is 0 Å². The SMILES string of the molecule is Cc1cc(C)c2oc(-c3ccc(CN)cc3)nc2c1. The maximum absolute atomic E-state index is 5.87. The van der Waals surface area contributed by atoms with Crippen LogP contribution in [-0.2, 0) is 6.54 Å². The van der Waals surface area contributed by atoms with Crippen LogP contribution in [0.15, 0.2) is 40.8 Å². The van der Waals surface area contributed by atoms with Gasteiger partial charge in [-0.05, 0) is 48.7 Å². The lowest BCUT2D eigenvalue weighted by Gasteiger charge is -1.98. The van der Waals surface area contributed by atoms with E-state index in [1.165, 1.54) is 5.56 Å². The average molecular weight is 252 g/mol. The lowest BCUT2D eigenvalue weighted by molar-refractivity contribution is 0.617. The Morgan fingerprint density at radius 2 is 1.84 bits per heavy atom. The molecule has 1 aromatic heterocycles. The Hall–Kier alpha value is -2.13. The van der Waals surface area contributed by atoms with Gasteiger partial charge in [0.25, 0.3) is 0 Å². The molecule has 0 spiro atoms. The summed E-state index contributed by atoms with van der Waals surface area (Å²) in [7, 11) is 0. The van der Waals surface area contributed by atoms with Gasteiger partial charge in [0.2, 0.25) is 5.89 Å². The highest BCUT2D eigenvalue weighted by atomic mass is 16.3. The van der Waals surface area contributed by atoms with Crippen molar-refractivity contribution >= 4 is 11.1 Å². The van der Waals surface area contributed by atoms with Gasteiger partial charge in [0.05, 0.1) is 0 Å². The Labute approximate surface area is 112 Å². The van der Waals surface area contributed by atoms with Gasteiger partial charge in [0.1, 0.15) is 5.52 Å². The maximum Gasteiger partial charge on any atom is 0.227 e. The van der Waals surface area contributed by atoms with Gasteiger partial charge in [-0.15, -0.1) is 0 Å². The molecule has 0 saturated heterocycles. The predicted octanol–water partition coefficient (Wildman–Crippen LogP) is 3.57. The van der Waals surface area contributed by atoms with Crippen molar-refractivity contribution in [2.75, 3.05) is 0 Å². The first-order valence-corrected chi connectivity index (χ1v) is 6.34. The van der Waals surface area contributed by atoms with Gasteiger partial charge in [-0.1, -0.05) is 18.2 Å². The summed E-state index contributed by atoms with van der Waals surface area (Å²) in [6.45, 7) is 4.66. The first-order valence-electron chi connectivity index (χ1n) is 6.34. The third kappa shape index (κ3) is 2.13. The average Bonchev–Trinajstić information content (AvgIpc) is 2.83. The van der Waals surface area contributed by atoms with Crippen LogP contribution in [0.2, 0.25) is 0 Å². The van der Waals surface area contributed by atoms with Crippen LogP contribution in [0, 0.1) is 13.8 Å². The maximum atomic E-state index is 5.87. The minimum absolute atomic E-state index is 0.548. The number of fused-ring (bicyclic) bond motifs is 1. The number of oxazole rings is 1. The van der Waals surface area contributed by atoms with E-state index in [2.05, 4.69) is 18.0 Å². The van der Waals surface area contributed by atoms with Gasteiger partial charge in [-0.2, -0.15) is 0 Å². The lowest BCUT2D eigenvalue weighted by Crippen LogP contribution is -1.95. The fourth-order valence-electron chi connectivity index (χ4n) is 2.28. The molecular weight excluding hydrogens is 236 g/mol. The predicted molar refractivity (Wildman–Crippen MR) is 76.8 cm³/mol.